The van der Waals surface area contributed by atoms with Crippen LogP contribution in [0, 0.1) is 0 Å². The minimum atomic E-state index is -0.943. The zero-order valence-corrected chi connectivity index (χ0v) is 18.2. The molecule has 0 radical (unpaired) electrons. The predicted molar refractivity (Wildman–Crippen MR) is 128 cm³/mol. The molecule has 0 fully saturated rings. The Labute approximate surface area is 191 Å². The van der Waals surface area contributed by atoms with Crippen molar-refractivity contribution in [2.45, 2.75) is 5.92 Å². The van der Waals surface area contributed by atoms with Crippen LogP contribution in [0.25, 0.3) is 21.9 Å². The molecule has 0 spiro atoms. The van der Waals surface area contributed by atoms with Crippen LogP contribution >= 0.6 is 11.6 Å². The van der Waals surface area contributed by atoms with Crippen LogP contribution in [0.2, 0.25) is 5.02 Å². The van der Waals surface area contributed by atoms with Gasteiger partial charge in [-0.2, -0.15) is 0 Å². The fourth-order valence-electron chi connectivity index (χ4n) is 3.65. The summed E-state index contributed by atoms with van der Waals surface area (Å²) in [6.45, 7) is 3.62. The number of carboxylic acid groups (broad SMARTS) is 1. The second-order valence-electron chi connectivity index (χ2n) is 7.24. The van der Waals surface area contributed by atoms with E-state index in [4.69, 9.17) is 21.1 Å². The first kappa shape index (κ1) is 21.5. The van der Waals surface area contributed by atoms with Crippen LogP contribution < -0.4 is 9.47 Å². The molecule has 0 aliphatic carbocycles. The topological polar surface area (TPSA) is 55.8 Å². The molecular formula is C27H21ClO4. The number of benzene rings is 4. The Bertz CT molecular complexity index is 1300. The number of ether oxygens (including phenoxy) is 2. The predicted octanol–water partition coefficient (Wildman–Crippen LogP) is 7.32. The van der Waals surface area contributed by atoms with E-state index in [1.165, 1.54) is 6.08 Å². The molecule has 4 aromatic rings. The van der Waals surface area contributed by atoms with Crippen molar-refractivity contribution in [3.05, 3.63) is 102 Å². The van der Waals surface area contributed by atoms with Crippen LogP contribution in [-0.2, 0) is 4.79 Å². The first-order chi connectivity index (χ1) is 15.5. The van der Waals surface area contributed by atoms with E-state index in [2.05, 4.69) is 6.58 Å². The molecule has 1 unspecified atom stereocenters. The maximum atomic E-state index is 11.4. The molecular weight excluding hydrogens is 424 g/mol. The van der Waals surface area contributed by atoms with Crippen molar-refractivity contribution in [2.75, 3.05) is 7.11 Å². The van der Waals surface area contributed by atoms with Crippen molar-refractivity contribution in [1.82, 2.24) is 0 Å². The fourth-order valence-corrected chi connectivity index (χ4v) is 3.91. The molecule has 0 saturated carbocycles. The number of rotatable bonds is 7. The van der Waals surface area contributed by atoms with Gasteiger partial charge in [0.2, 0.25) is 0 Å². The number of carboxylic acids is 1. The minimum absolute atomic E-state index is 0.512. The molecule has 4 aromatic carbocycles. The molecule has 1 atom stereocenters. The Morgan fingerprint density at radius 1 is 1.03 bits per heavy atom. The SMILES string of the molecule is C=CC(C(=O)O)c1ccc(Oc2c(-c3ccc(OC)c(Cl)c3)ccc3ccccc23)cc1. The van der Waals surface area contributed by atoms with Gasteiger partial charge in [0, 0.05) is 10.9 Å². The summed E-state index contributed by atoms with van der Waals surface area (Å²) in [5, 5.41) is 11.9. The largest absolute Gasteiger partial charge is 0.495 e. The first-order valence-corrected chi connectivity index (χ1v) is 10.4. The molecule has 0 aliphatic rings. The molecule has 0 aromatic heterocycles. The number of halogens is 1. The van der Waals surface area contributed by atoms with E-state index in [-0.39, 0.29) is 0 Å². The van der Waals surface area contributed by atoms with Gasteiger partial charge >= 0.3 is 5.97 Å². The van der Waals surface area contributed by atoms with Crippen LogP contribution in [0.4, 0.5) is 0 Å². The second kappa shape index (κ2) is 9.16. The van der Waals surface area contributed by atoms with Gasteiger partial charge in [-0.3, -0.25) is 4.79 Å². The van der Waals surface area contributed by atoms with Gasteiger partial charge in [0.05, 0.1) is 18.1 Å². The lowest BCUT2D eigenvalue weighted by Gasteiger charge is -2.16. The van der Waals surface area contributed by atoms with Crippen molar-refractivity contribution >= 4 is 28.3 Å². The minimum Gasteiger partial charge on any atom is -0.495 e. The average Bonchev–Trinajstić information content (AvgIpc) is 2.80. The normalized spacial score (nSPS) is 11.7. The highest BCUT2D eigenvalue weighted by Crippen LogP contribution is 2.41. The van der Waals surface area contributed by atoms with Gasteiger partial charge in [0.15, 0.2) is 0 Å². The summed E-state index contributed by atoms with van der Waals surface area (Å²) in [4.78, 5) is 11.4. The zero-order chi connectivity index (χ0) is 22.7. The van der Waals surface area contributed by atoms with Crippen molar-refractivity contribution in [3.63, 3.8) is 0 Å². The van der Waals surface area contributed by atoms with Crippen LogP contribution in [0.1, 0.15) is 11.5 Å². The van der Waals surface area contributed by atoms with Crippen molar-refractivity contribution in [2.24, 2.45) is 0 Å². The van der Waals surface area contributed by atoms with Gasteiger partial charge in [-0.25, -0.2) is 0 Å². The van der Waals surface area contributed by atoms with Gasteiger partial charge in [-0.1, -0.05) is 66.2 Å². The summed E-state index contributed by atoms with van der Waals surface area (Å²) in [6, 6.07) is 24.6. The van der Waals surface area contributed by atoms with Crippen molar-refractivity contribution in [1.29, 1.82) is 0 Å². The Kier molecular flexibility index (Phi) is 6.15. The van der Waals surface area contributed by atoms with E-state index >= 15 is 0 Å². The second-order valence-corrected chi connectivity index (χ2v) is 7.64. The molecule has 32 heavy (non-hydrogen) atoms. The molecule has 0 heterocycles. The summed E-state index contributed by atoms with van der Waals surface area (Å²) < 4.78 is 11.6. The maximum absolute atomic E-state index is 11.4. The maximum Gasteiger partial charge on any atom is 0.314 e. The lowest BCUT2D eigenvalue weighted by molar-refractivity contribution is -0.137. The van der Waals surface area contributed by atoms with E-state index in [1.807, 2.05) is 54.6 Å². The highest BCUT2D eigenvalue weighted by molar-refractivity contribution is 6.32. The Hall–Kier alpha value is -3.76. The molecule has 5 heteroatoms. The molecule has 4 nitrogen and oxygen atoms in total. The standard InChI is InChI=1S/C27H21ClO4/c1-3-21(27(29)30)18-8-12-20(13-9-18)32-26-22-7-5-4-6-17(22)10-14-23(26)19-11-15-25(31-2)24(28)16-19/h3-16,21H,1H2,2H3,(H,29,30). The summed E-state index contributed by atoms with van der Waals surface area (Å²) in [5.41, 5.74) is 2.41. The van der Waals surface area contributed by atoms with Gasteiger partial charge < -0.3 is 14.6 Å². The molecule has 4 rings (SSSR count). The zero-order valence-electron chi connectivity index (χ0n) is 17.4. The summed E-state index contributed by atoms with van der Waals surface area (Å²) >= 11 is 6.37. The Morgan fingerprint density at radius 2 is 1.78 bits per heavy atom. The molecule has 1 N–H and O–H groups in total. The number of fused-ring (bicyclic) bond motifs is 1. The smallest absolute Gasteiger partial charge is 0.314 e. The highest BCUT2D eigenvalue weighted by Gasteiger charge is 2.17. The lowest BCUT2D eigenvalue weighted by atomic mass is 9.98. The van der Waals surface area contributed by atoms with E-state index in [9.17, 15) is 9.90 Å². The molecule has 0 saturated heterocycles. The van der Waals surface area contributed by atoms with E-state index in [0.717, 1.165) is 21.9 Å². The summed E-state index contributed by atoms with van der Waals surface area (Å²) in [6.07, 6.45) is 1.41. The summed E-state index contributed by atoms with van der Waals surface area (Å²) in [5.74, 6) is 0.180. The number of hydrogen-bond acceptors (Lipinski definition) is 3. The average molecular weight is 445 g/mol. The van der Waals surface area contributed by atoms with Gasteiger partial charge in [-0.05, 0) is 46.8 Å². The quantitative estimate of drug-likeness (QED) is 0.303. The molecule has 0 aliphatic heterocycles. The fraction of sp³-hybridized carbons (Fsp3) is 0.0741. The van der Waals surface area contributed by atoms with Gasteiger partial charge in [0.1, 0.15) is 17.2 Å². The van der Waals surface area contributed by atoms with Gasteiger partial charge in [-0.15, -0.1) is 6.58 Å². The van der Waals surface area contributed by atoms with Crippen LogP contribution in [0.3, 0.4) is 0 Å². The van der Waals surface area contributed by atoms with Gasteiger partial charge in [0.25, 0.3) is 0 Å². The van der Waals surface area contributed by atoms with Crippen molar-refractivity contribution < 1.29 is 19.4 Å². The Morgan fingerprint density at radius 3 is 2.44 bits per heavy atom. The van der Waals surface area contributed by atoms with E-state index < -0.39 is 11.9 Å². The highest BCUT2D eigenvalue weighted by atomic mass is 35.5. The number of carbonyl (C=O) groups is 1. The van der Waals surface area contributed by atoms with Crippen LogP contribution in [0.15, 0.2) is 91.5 Å². The van der Waals surface area contributed by atoms with E-state index in [1.54, 1.807) is 31.4 Å². The third-order valence-electron chi connectivity index (χ3n) is 5.30. The molecule has 0 amide bonds. The number of aliphatic carboxylic acids is 1. The van der Waals surface area contributed by atoms with Crippen molar-refractivity contribution in [3.8, 4) is 28.4 Å². The third kappa shape index (κ3) is 4.18. The monoisotopic (exact) mass is 444 g/mol. The molecule has 0 bridgehead atoms. The lowest BCUT2D eigenvalue weighted by Crippen LogP contribution is -2.08. The van der Waals surface area contributed by atoms with Crippen LogP contribution in [-0.4, -0.2) is 18.2 Å². The first-order valence-electron chi connectivity index (χ1n) is 10.0. The summed E-state index contributed by atoms with van der Waals surface area (Å²) in [7, 11) is 1.58. The molecule has 160 valence electrons. The van der Waals surface area contributed by atoms with Crippen LogP contribution in [0.5, 0.6) is 17.2 Å². The Balaban J connectivity index is 1.79. The third-order valence-corrected chi connectivity index (χ3v) is 5.60. The number of methoxy groups -OCH3 is 1. The number of hydrogen-bond donors (Lipinski definition) is 1. The van der Waals surface area contributed by atoms with E-state index in [0.29, 0.717) is 27.8 Å².